The van der Waals surface area contributed by atoms with E-state index in [9.17, 15) is 9.59 Å². The van der Waals surface area contributed by atoms with Gasteiger partial charge in [-0.05, 0) is 38.0 Å². The number of carbonyl (C=O) groups excluding carboxylic acids is 2. The number of nitrogens with one attached hydrogen (secondary N) is 2. The molecular weight excluding hydrogens is 306 g/mol. The number of aromatic nitrogens is 3. The molecule has 1 aliphatic heterocycles. The number of aromatic amines is 1. The number of hydrogen-bond donors (Lipinski definition) is 2. The van der Waals surface area contributed by atoms with E-state index in [-0.39, 0.29) is 17.7 Å². The number of piperidine rings is 1. The van der Waals surface area contributed by atoms with Crippen molar-refractivity contribution in [2.75, 3.05) is 19.6 Å². The van der Waals surface area contributed by atoms with Gasteiger partial charge in [0.25, 0.3) is 5.91 Å². The molecule has 1 saturated heterocycles. The average molecular weight is 327 g/mol. The maximum Gasteiger partial charge on any atom is 0.271 e. The maximum absolute atomic E-state index is 12.7. The first-order valence-corrected chi connectivity index (χ1v) is 8.23. The Morgan fingerprint density at radius 3 is 3.00 bits per heavy atom. The Morgan fingerprint density at radius 2 is 2.25 bits per heavy atom. The standard InChI is InChI=1S/C17H21N5O2/c1-2-18-16(23)12-6-5-9-22(11-12)17(24)15-10-14(20-21-15)13-7-3-4-8-19-13/h3-4,7-8,10,12H,2,5-6,9,11H2,1H3,(H,18,23)(H,20,21)/t12-/m0/s1. The van der Waals surface area contributed by atoms with Crippen molar-refractivity contribution in [3.05, 3.63) is 36.2 Å². The monoisotopic (exact) mass is 327 g/mol. The van der Waals surface area contributed by atoms with E-state index in [1.807, 2.05) is 25.1 Å². The van der Waals surface area contributed by atoms with Gasteiger partial charge in [0.05, 0.1) is 11.6 Å². The first-order valence-electron chi connectivity index (χ1n) is 8.23. The Kier molecular flexibility index (Phi) is 4.88. The zero-order valence-electron chi connectivity index (χ0n) is 13.7. The van der Waals surface area contributed by atoms with Crippen molar-refractivity contribution in [3.63, 3.8) is 0 Å². The summed E-state index contributed by atoms with van der Waals surface area (Å²) in [5.41, 5.74) is 1.77. The van der Waals surface area contributed by atoms with Gasteiger partial charge in [0, 0.05) is 25.8 Å². The zero-order chi connectivity index (χ0) is 16.9. The third-order valence-corrected chi connectivity index (χ3v) is 4.17. The Morgan fingerprint density at radius 1 is 1.38 bits per heavy atom. The lowest BCUT2D eigenvalue weighted by Crippen LogP contribution is -2.45. The van der Waals surface area contributed by atoms with E-state index < -0.39 is 0 Å². The fraction of sp³-hybridized carbons (Fsp3) is 0.412. The van der Waals surface area contributed by atoms with Gasteiger partial charge in [-0.15, -0.1) is 0 Å². The van der Waals surface area contributed by atoms with Crippen LogP contribution in [0.2, 0.25) is 0 Å². The molecule has 1 atom stereocenters. The van der Waals surface area contributed by atoms with Crippen LogP contribution >= 0.6 is 0 Å². The molecule has 0 unspecified atom stereocenters. The van der Waals surface area contributed by atoms with Crippen molar-refractivity contribution in [2.45, 2.75) is 19.8 Å². The summed E-state index contributed by atoms with van der Waals surface area (Å²) in [6.07, 6.45) is 3.33. The van der Waals surface area contributed by atoms with Gasteiger partial charge >= 0.3 is 0 Å². The summed E-state index contributed by atoms with van der Waals surface area (Å²) in [7, 11) is 0. The van der Waals surface area contributed by atoms with Gasteiger partial charge < -0.3 is 10.2 Å². The van der Waals surface area contributed by atoms with Crippen LogP contribution in [-0.2, 0) is 4.79 Å². The van der Waals surface area contributed by atoms with Gasteiger partial charge in [0.2, 0.25) is 5.91 Å². The number of amides is 2. The Labute approximate surface area is 140 Å². The van der Waals surface area contributed by atoms with Gasteiger partial charge in [-0.25, -0.2) is 0 Å². The molecule has 7 nitrogen and oxygen atoms in total. The van der Waals surface area contributed by atoms with Gasteiger partial charge in [-0.2, -0.15) is 5.10 Å². The second kappa shape index (κ2) is 7.25. The highest BCUT2D eigenvalue weighted by atomic mass is 16.2. The highest BCUT2D eigenvalue weighted by Crippen LogP contribution is 2.20. The minimum absolute atomic E-state index is 0.0220. The van der Waals surface area contributed by atoms with Gasteiger partial charge in [0.15, 0.2) is 0 Å². The van der Waals surface area contributed by atoms with Crippen LogP contribution in [0.15, 0.2) is 30.5 Å². The van der Waals surface area contributed by atoms with Crippen molar-refractivity contribution >= 4 is 11.8 Å². The number of hydrogen-bond acceptors (Lipinski definition) is 4. The smallest absolute Gasteiger partial charge is 0.271 e. The molecule has 126 valence electrons. The molecule has 0 saturated carbocycles. The lowest BCUT2D eigenvalue weighted by atomic mass is 9.97. The van der Waals surface area contributed by atoms with Crippen LogP contribution in [0.25, 0.3) is 11.4 Å². The van der Waals surface area contributed by atoms with Crippen molar-refractivity contribution < 1.29 is 9.59 Å². The van der Waals surface area contributed by atoms with E-state index in [0.717, 1.165) is 12.8 Å². The van der Waals surface area contributed by atoms with E-state index in [2.05, 4.69) is 20.5 Å². The molecule has 0 spiro atoms. The summed E-state index contributed by atoms with van der Waals surface area (Å²) in [5.74, 6) is -0.242. The predicted molar refractivity (Wildman–Crippen MR) is 89.1 cm³/mol. The Balaban J connectivity index is 1.70. The summed E-state index contributed by atoms with van der Waals surface area (Å²) in [6.45, 7) is 3.61. The summed E-state index contributed by atoms with van der Waals surface area (Å²) in [4.78, 5) is 30.6. The molecule has 1 aliphatic rings. The average Bonchev–Trinajstić information content (AvgIpc) is 3.12. The lowest BCUT2D eigenvalue weighted by molar-refractivity contribution is -0.126. The number of H-pyrrole nitrogens is 1. The van der Waals surface area contributed by atoms with Crippen molar-refractivity contribution in [2.24, 2.45) is 5.92 Å². The molecule has 2 amide bonds. The second-order valence-corrected chi connectivity index (χ2v) is 5.87. The molecule has 7 heteroatoms. The van der Waals surface area contributed by atoms with Crippen LogP contribution in [0.5, 0.6) is 0 Å². The highest BCUT2D eigenvalue weighted by Gasteiger charge is 2.29. The van der Waals surface area contributed by atoms with Crippen LogP contribution in [0.3, 0.4) is 0 Å². The molecule has 2 aromatic rings. The Bertz CT molecular complexity index is 713. The van der Waals surface area contributed by atoms with Gasteiger partial charge in [0.1, 0.15) is 11.4 Å². The zero-order valence-corrected chi connectivity index (χ0v) is 13.7. The SMILES string of the molecule is CCNC(=O)[C@H]1CCCN(C(=O)c2cc(-c3ccccn3)n[nH]2)C1. The summed E-state index contributed by atoms with van der Waals surface area (Å²) in [6, 6.07) is 7.26. The van der Waals surface area contributed by atoms with Gasteiger partial charge in [-0.3, -0.25) is 19.7 Å². The summed E-state index contributed by atoms with van der Waals surface area (Å²) < 4.78 is 0. The number of rotatable bonds is 4. The summed E-state index contributed by atoms with van der Waals surface area (Å²) in [5, 5.41) is 9.80. The fourth-order valence-corrected chi connectivity index (χ4v) is 2.94. The normalized spacial score (nSPS) is 17.5. The second-order valence-electron chi connectivity index (χ2n) is 5.87. The largest absolute Gasteiger partial charge is 0.356 e. The molecule has 3 heterocycles. The van der Waals surface area contributed by atoms with Crippen LogP contribution in [0.1, 0.15) is 30.3 Å². The molecule has 2 aromatic heterocycles. The molecule has 0 bridgehead atoms. The number of likely N-dealkylation sites (tertiary alicyclic amines) is 1. The highest BCUT2D eigenvalue weighted by molar-refractivity contribution is 5.93. The topological polar surface area (TPSA) is 91.0 Å². The molecular formula is C17H21N5O2. The molecule has 2 N–H and O–H groups in total. The quantitative estimate of drug-likeness (QED) is 0.889. The predicted octanol–water partition coefficient (Wildman–Crippen LogP) is 1.46. The Hall–Kier alpha value is -2.70. The van der Waals surface area contributed by atoms with Crippen LogP contribution < -0.4 is 5.32 Å². The molecule has 24 heavy (non-hydrogen) atoms. The van der Waals surface area contributed by atoms with E-state index in [1.54, 1.807) is 17.2 Å². The van der Waals surface area contributed by atoms with Crippen LogP contribution in [0.4, 0.5) is 0 Å². The lowest BCUT2D eigenvalue weighted by Gasteiger charge is -2.31. The molecule has 0 aliphatic carbocycles. The van der Waals surface area contributed by atoms with E-state index in [1.165, 1.54) is 0 Å². The third kappa shape index (κ3) is 3.45. The molecule has 0 radical (unpaired) electrons. The molecule has 0 aromatic carbocycles. The van der Waals surface area contributed by atoms with Gasteiger partial charge in [-0.1, -0.05) is 6.07 Å². The number of carbonyl (C=O) groups is 2. The summed E-state index contributed by atoms with van der Waals surface area (Å²) >= 11 is 0. The van der Waals surface area contributed by atoms with Crippen molar-refractivity contribution in [1.29, 1.82) is 0 Å². The van der Waals surface area contributed by atoms with Crippen LogP contribution in [0, 0.1) is 5.92 Å². The van der Waals surface area contributed by atoms with E-state index in [4.69, 9.17) is 0 Å². The minimum Gasteiger partial charge on any atom is -0.356 e. The molecule has 1 fully saturated rings. The van der Waals surface area contributed by atoms with Crippen molar-refractivity contribution in [1.82, 2.24) is 25.4 Å². The minimum atomic E-state index is -0.138. The van der Waals surface area contributed by atoms with E-state index in [0.29, 0.717) is 36.7 Å². The van der Waals surface area contributed by atoms with E-state index >= 15 is 0 Å². The maximum atomic E-state index is 12.7. The first kappa shape index (κ1) is 16.2. The third-order valence-electron chi connectivity index (χ3n) is 4.17. The fourth-order valence-electron chi connectivity index (χ4n) is 2.94. The molecule has 3 rings (SSSR count). The number of pyridine rings is 1. The van der Waals surface area contributed by atoms with Crippen molar-refractivity contribution in [3.8, 4) is 11.4 Å². The van der Waals surface area contributed by atoms with Crippen LogP contribution in [-0.4, -0.2) is 51.5 Å². The number of nitrogens with zero attached hydrogens (tertiary/aromatic N) is 3. The first-order chi connectivity index (χ1) is 11.7.